The zero-order valence-electron chi connectivity index (χ0n) is 18.1. The molecule has 0 saturated heterocycles. The summed E-state index contributed by atoms with van der Waals surface area (Å²) < 4.78 is 1.72. The Bertz CT molecular complexity index is 1380. The van der Waals surface area contributed by atoms with E-state index < -0.39 is 6.10 Å². The molecule has 1 atom stereocenters. The standard InChI is InChI=1S/C26H23N5O2/c32-23-9-4-3-8-22(23)30-16-20-18-6-1-2-7-19(18)21(29-25(20)26(30)33)14-17-10-11-24(27-15-17)31-13-5-12-28-31/h1-2,5-8,10-13,15,23,32H,3-4,9,14,16H2/t23-/m0/s1. The maximum absolute atomic E-state index is 13.4. The molecule has 1 aliphatic carbocycles. The van der Waals surface area contributed by atoms with Crippen LogP contribution in [0.2, 0.25) is 0 Å². The maximum Gasteiger partial charge on any atom is 0.277 e. The van der Waals surface area contributed by atoms with Gasteiger partial charge < -0.3 is 10.0 Å². The number of aliphatic hydroxyl groups excluding tert-OH is 1. The lowest BCUT2D eigenvalue weighted by Gasteiger charge is -2.27. The van der Waals surface area contributed by atoms with Crippen LogP contribution in [-0.2, 0) is 13.0 Å². The topological polar surface area (TPSA) is 84.1 Å². The van der Waals surface area contributed by atoms with Crippen LogP contribution in [0.25, 0.3) is 16.6 Å². The van der Waals surface area contributed by atoms with Gasteiger partial charge in [-0.05, 0) is 42.3 Å². The Labute approximate surface area is 191 Å². The van der Waals surface area contributed by atoms with Gasteiger partial charge in [0.25, 0.3) is 5.91 Å². The monoisotopic (exact) mass is 437 g/mol. The molecule has 1 N–H and O–H groups in total. The molecule has 1 aliphatic heterocycles. The summed E-state index contributed by atoms with van der Waals surface area (Å²) >= 11 is 0. The highest BCUT2D eigenvalue weighted by Gasteiger charge is 2.36. The predicted molar refractivity (Wildman–Crippen MR) is 124 cm³/mol. The molecule has 7 nitrogen and oxygen atoms in total. The number of benzene rings is 1. The van der Waals surface area contributed by atoms with Crippen molar-refractivity contribution in [3.63, 3.8) is 0 Å². The zero-order valence-corrected chi connectivity index (χ0v) is 18.1. The highest BCUT2D eigenvalue weighted by molar-refractivity contribution is 6.04. The average Bonchev–Trinajstić information content (AvgIpc) is 3.49. The lowest BCUT2D eigenvalue weighted by Crippen LogP contribution is -2.32. The number of fused-ring (bicyclic) bond motifs is 3. The summed E-state index contributed by atoms with van der Waals surface area (Å²) in [5, 5.41) is 16.8. The minimum Gasteiger partial charge on any atom is -0.387 e. The second-order valence-corrected chi connectivity index (χ2v) is 8.55. The SMILES string of the molecule is O=C1c2nc(Cc3ccc(-n4cccn4)nc3)c3ccccc3c2CN1C1=CCCC[C@@H]1O. The number of allylic oxidation sites excluding steroid dienone is 1. The van der Waals surface area contributed by atoms with Crippen molar-refractivity contribution in [2.45, 2.75) is 38.3 Å². The molecule has 4 heterocycles. The van der Waals surface area contributed by atoms with Crippen LogP contribution >= 0.6 is 0 Å². The third kappa shape index (κ3) is 3.41. The molecule has 7 heteroatoms. The van der Waals surface area contributed by atoms with Crippen LogP contribution in [0.3, 0.4) is 0 Å². The van der Waals surface area contributed by atoms with Gasteiger partial charge >= 0.3 is 0 Å². The van der Waals surface area contributed by atoms with Gasteiger partial charge in [0, 0.05) is 41.7 Å². The molecule has 3 aromatic heterocycles. The summed E-state index contributed by atoms with van der Waals surface area (Å²) in [6.45, 7) is 0.449. The molecule has 0 saturated carbocycles. The first kappa shape index (κ1) is 19.8. The van der Waals surface area contributed by atoms with Gasteiger partial charge in [-0.25, -0.2) is 14.6 Å². The van der Waals surface area contributed by atoms with Crippen molar-refractivity contribution in [2.75, 3.05) is 0 Å². The van der Waals surface area contributed by atoms with Gasteiger partial charge in [-0.1, -0.05) is 36.4 Å². The normalized spacial score (nSPS) is 18.0. The van der Waals surface area contributed by atoms with Crippen molar-refractivity contribution < 1.29 is 9.90 Å². The van der Waals surface area contributed by atoms with Gasteiger partial charge in [-0.15, -0.1) is 0 Å². The maximum atomic E-state index is 13.4. The summed E-state index contributed by atoms with van der Waals surface area (Å²) in [6, 6.07) is 13.9. The van der Waals surface area contributed by atoms with Crippen molar-refractivity contribution in [3.05, 3.63) is 95.3 Å². The highest BCUT2D eigenvalue weighted by atomic mass is 16.3. The van der Waals surface area contributed by atoms with Crippen LogP contribution < -0.4 is 0 Å². The van der Waals surface area contributed by atoms with E-state index in [1.165, 1.54) is 0 Å². The highest BCUT2D eigenvalue weighted by Crippen LogP contribution is 2.35. The van der Waals surface area contributed by atoms with Crippen LogP contribution in [0.5, 0.6) is 0 Å². The van der Waals surface area contributed by atoms with Crippen LogP contribution in [0.15, 0.2) is 72.8 Å². The molecule has 2 aliphatic rings. The lowest BCUT2D eigenvalue weighted by molar-refractivity contribution is 0.0744. The van der Waals surface area contributed by atoms with E-state index >= 15 is 0 Å². The lowest BCUT2D eigenvalue weighted by atomic mass is 9.99. The molecular weight excluding hydrogens is 414 g/mol. The number of aromatic nitrogens is 4. The Balaban J connectivity index is 1.37. The van der Waals surface area contributed by atoms with Crippen LogP contribution in [0.4, 0.5) is 0 Å². The number of hydrogen-bond acceptors (Lipinski definition) is 5. The zero-order chi connectivity index (χ0) is 22.4. The number of pyridine rings is 2. The van der Waals surface area contributed by atoms with Gasteiger partial charge in [0.15, 0.2) is 5.82 Å². The van der Waals surface area contributed by atoms with E-state index in [0.717, 1.165) is 46.3 Å². The number of hydrogen-bond donors (Lipinski definition) is 1. The van der Waals surface area contributed by atoms with E-state index in [-0.39, 0.29) is 5.91 Å². The minimum atomic E-state index is -0.595. The van der Waals surface area contributed by atoms with E-state index in [1.807, 2.05) is 48.8 Å². The molecule has 6 rings (SSSR count). The van der Waals surface area contributed by atoms with Crippen molar-refractivity contribution in [1.29, 1.82) is 0 Å². The molecule has 0 radical (unpaired) electrons. The van der Waals surface area contributed by atoms with Gasteiger partial charge in [0.1, 0.15) is 5.69 Å². The molecule has 1 aromatic carbocycles. The average molecular weight is 438 g/mol. The third-order valence-corrected chi connectivity index (χ3v) is 6.47. The molecule has 164 valence electrons. The molecule has 33 heavy (non-hydrogen) atoms. The van der Waals surface area contributed by atoms with Crippen LogP contribution in [-0.4, -0.2) is 41.8 Å². The molecular formula is C26H23N5O2. The van der Waals surface area contributed by atoms with Gasteiger partial charge in [0.2, 0.25) is 0 Å². The van der Waals surface area contributed by atoms with Crippen LogP contribution in [0, 0.1) is 0 Å². The van der Waals surface area contributed by atoms with Crippen molar-refractivity contribution in [3.8, 4) is 5.82 Å². The molecule has 1 amide bonds. The Morgan fingerprint density at radius 2 is 1.97 bits per heavy atom. The summed E-state index contributed by atoms with van der Waals surface area (Å²) in [5.41, 5.74) is 4.00. The molecule has 0 bridgehead atoms. The van der Waals surface area contributed by atoms with E-state index in [9.17, 15) is 9.90 Å². The number of aliphatic hydroxyl groups is 1. The molecule has 0 fully saturated rings. The first-order valence-electron chi connectivity index (χ1n) is 11.2. The van der Waals surface area contributed by atoms with Crippen LogP contribution in [0.1, 0.15) is 46.6 Å². The minimum absolute atomic E-state index is 0.128. The Kier molecular flexibility index (Phi) is 4.77. The fraction of sp³-hybridized carbons (Fsp3) is 0.231. The van der Waals surface area contributed by atoms with E-state index in [2.05, 4.69) is 22.2 Å². The number of carbonyl (C=O) groups is 1. The first-order chi connectivity index (χ1) is 16.2. The van der Waals surface area contributed by atoms with Gasteiger partial charge in [-0.2, -0.15) is 5.10 Å². The summed E-state index contributed by atoms with van der Waals surface area (Å²) in [6.07, 6.45) is 9.89. The molecule has 4 aromatic rings. The molecule has 0 spiro atoms. The predicted octanol–water partition coefficient (Wildman–Crippen LogP) is 3.79. The number of carbonyl (C=O) groups excluding carboxylic acids is 1. The Hall–Kier alpha value is -3.84. The second kappa shape index (κ2) is 7.94. The smallest absolute Gasteiger partial charge is 0.277 e. The summed E-state index contributed by atoms with van der Waals surface area (Å²) in [5.74, 6) is 0.622. The number of rotatable bonds is 4. The number of nitrogens with zero attached hydrogens (tertiary/aromatic N) is 5. The molecule has 0 unspecified atom stereocenters. The Morgan fingerprint density at radius 3 is 2.73 bits per heavy atom. The third-order valence-electron chi connectivity index (χ3n) is 6.47. The fourth-order valence-corrected chi connectivity index (χ4v) is 4.82. The first-order valence-corrected chi connectivity index (χ1v) is 11.2. The van der Waals surface area contributed by atoms with E-state index in [0.29, 0.717) is 30.8 Å². The van der Waals surface area contributed by atoms with E-state index in [1.54, 1.807) is 15.8 Å². The number of amides is 1. The fourth-order valence-electron chi connectivity index (χ4n) is 4.82. The second-order valence-electron chi connectivity index (χ2n) is 8.55. The van der Waals surface area contributed by atoms with Crippen molar-refractivity contribution in [2.24, 2.45) is 0 Å². The van der Waals surface area contributed by atoms with Crippen molar-refractivity contribution >= 4 is 16.7 Å². The summed E-state index contributed by atoms with van der Waals surface area (Å²) in [4.78, 5) is 24.4. The summed E-state index contributed by atoms with van der Waals surface area (Å²) in [7, 11) is 0. The quantitative estimate of drug-likeness (QED) is 0.525. The van der Waals surface area contributed by atoms with Gasteiger partial charge in [-0.3, -0.25) is 4.79 Å². The largest absolute Gasteiger partial charge is 0.387 e. The van der Waals surface area contributed by atoms with Gasteiger partial charge in [0.05, 0.1) is 18.3 Å². The van der Waals surface area contributed by atoms with Crippen molar-refractivity contribution in [1.82, 2.24) is 24.6 Å². The Morgan fingerprint density at radius 1 is 1.09 bits per heavy atom. The van der Waals surface area contributed by atoms with E-state index in [4.69, 9.17) is 4.98 Å².